The van der Waals surface area contributed by atoms with Crippen LogP contribution in [0.4, 0.5) is 0 Å². The van der Waals surface area contributed by atoms with Crippen LogP contribution in [0.25, 0.3) is 11.5 Å². The first-order valence-electron chi connectivity index (χ1n) is 8.69. The summed E-state index contributed by atoms with van der Waals surface area (Å²) < 4.78 is 28.5. The molecule has 0 spiro atoms. The smallest absolute Gasteiger partial charge is 0.226 e. The lowest BCUT2D eigenvalue weighted by atomic mass is 10.2. The zero-order valence-corrected chi connectivity index (χ0v) is 19.3. The lowest BCUT2D eigenvalue weighted by molar-refractivity contribution is 0.572. The van der Waals surface area contributed by atoms with E-state index in [1.54, 1.807) is 37.6 Å². The third-order valence-corrected chi connectivity index (χ3v) is 5.17. The predicted octanol–water partition coefficient (Wildman–Crippen LogP) is 3.23. The van der Waals surface area contributed by atoms with Crippen molar-refractivity contribution in [2.45, 2.75) is 18.0 Å². The highest BCUT2D eigenvalue weighted by atomic mass is 127. The molecule has 3 rings (SSSR count). The quantitative estimate of drug-likeness (QED) is 0.291. The van der Waals surface area contributed by atoms with Crippen molar-refractivity contribution in [1.82, 2.24) is 15.6 Å². The van der Waals surface area contributed by atoms with Gasteiger partial charge in [-0.3, -0.25) is 4.99 Å². The SMILES string of the molecule is CN=C(NCc1ccc(S(C)(=O)=O)cc1)NCc1coc(-c2ccccc2)n1.I. The largest absolute Gasteiger partial charge is 0.444 e. The van der Waals surface area contributed by atoms with Gasteiger partial charge in [0.2, 0.25) is 5.89 Å². The minimum absolute atomic E-state index is 0. The first-order chi connectivity index (χ1) is 13.5. The maximum Gasteiger partial charge on any atom is 0.226 e. The summed E-state index contributed by atoms with van der Waals surface area (Å²) in [4.78, 5) is 8.95. The molecule has 2 N–H and O–H groups in total. The first kappa shape index (κ1) is 22.9. The van der Waals surface area contributed by atoms with Crippen LogP contribution < -0.4 is 10.6 Å². The second kappa shape index (κ2) is 10.4. The van der Waals surface area contributed by atoms with Crippen molar-refractivity contribution in [2.24, 2.45) is 4.99 Å². The molecule has 0 saturated heterocycles. The fraction of sp³-hybridized carbons (Fsp3) is 0.200. The Morgan fingerprint density at radius 1 is 1.03 bits per heavy atom. The van der Waals surface area contributed by atoms with E-state index in [-0.39, 0.29) is 24.0 Å². The van der Waals surface area contributed by atoms with Crippen molar-refractivity contribution in [3.8, 4) is 11.5 Å². The first-order valence-corrected chi connectivity index (χ1v) is 10.6. The molecule has 7 nitrogen and oxygen atoms in total. The number of oxazole rings is 1. The Labute approximate surface area is 187 Å². The Morgan fingerprint density at radius 3 is 2.31 bits per heavy atom. The molecule has 0 aliphatic heterocycles. The van der Waals surface area contributed by atoms with Gasteiger partial charge in [-0.25, -0.2) is 13.4 Å². The number of sulfone groups is 1. The predicted molar refractivity (Wildman–Crippen MR) is 124 cm³/mol. The number of nitrogens with zero attached hydrogens (tertiary/aromatic N) is 2. The zero-order chi connectivity index (χ0) is 20.0. The van der Waals surface area contributed by atoms with Gasteiger partial charge in [-0.15, -0.1) is 24.0 Å². The van der Waals surface area contributed by atoms with E-state index in [0.717, 1.165) is 16.8 Å². The molecule has 0 bridgehead atoms. The van der Waals surface area contributed by atoms with Crippen LogP contribution in [-0.2, 0) is 22.9 Å². The molecular weight excluding hydrogens is 503 g/mol. The van der Waals surface area contributed by atoms with Crippen LogP contribution in [0, 0.1) is 0 Å². The second-order valence-electron chi connectivity index (χ2n) is 6.21. The minimum Gasteiger partial charge on any atom is -0.444 e. The fourth-order valence-corrected chi connectivity index (χ4v) is 3.17. The van der Waals surface area contributed by atoms with Gasteiger partial charge in [0.15, 0.2) is 15.8 Å². The van der Waals surface area contributed by atoms with E-state index in [1.807, 2.05) is 30.3 Å². The van der Waals surface area contributed by atoms with E-state index in [2.05, 4.69) is 20.6 Å². The molecule has 0 radical (unpaired) electrons. The molecule has 0 atom stereocenters. The maximum atomic E-state index is 11.5. The van der Waals surface area contributed by atoms with Gasteiger partial charge in [-0.1, -0.05) is 30.3 Å². The van der Waals surface area contributed by atoms with E-state index in [1.165, 1.54) is 6.26 Å². The standard InChI is InChI=1S/C20H22N4O3S.HI/c1-21-20(22-12-15-8-10-18(11-9-15)28(2,25)26)23-13-17-14-27-19(24-17)16-6-4-3-5-7-16;/h3-11,14H,12-13H2,1-2H3,(H2,21,22,23);1H. The topological polar surface area (TPSA) is 96.6 Å². The van der Waals surface area contributed by atoms with Gasteiger partial charge in [0.05, 0.1) is 17.1 Å². The van der Waals surface area contributed by atoms with Crippen LogP contribution in [0.1, 0.15) is 11.3 Å². The Morgan fingerprint density at radius 2 is 1.69 bits per heavy atom. The average Bonchev–Trinajstić information content (AvgIpc) is 3.17. The van der Waals surface area contributed by atoms with Crippen molar-refractivity contribution in [3.05, 3.63) is 72.1 Å². The van der Waals surface area contributed by atoms with Gasteiger partial charge in [0, 0.05) is 25.4 Å². The van der Waals surface area contributed by atoms with Gasteiger partial charge >= 0.3 is 0 Å². The van der Waals surface area contributed by atoms with Gasteiger partial charge in [-0.05, 0) is 29.8 Å². The van der Waals surface area contributed by atoms with Crippen molar-refractivity contribution in [2.75, 3.05) is 13.3 Å². The molecular formula is C20H23IN4O3S. The number of aromatic nitrogens is 1. The number of guanidine groups is 1. The van der Waals surface area contributed by atoms with Gasteiger partial charge in [-0.2, -0.15) is 0 Å². The molecule has 0 aliphatic rings. The summed E-state index contributed by atoms with van der Waals surface area (Å²) in [5.41, 5.74) is 2.64. The second-order valence-corrected chi connectivity index (χ2v) is 8.22. The van der Waals surface area contributed by atoms with E-state index >= 15 is 0 Å². The normalized spacial score (nSPS) is 11.6. The summed E-state index contributed by atoms with van der Waals surface area (Å²) in [7, 11) is -1.50. The Kier molecular flexibility index (Phi) is 8.21. The average molecular weight is 526 g/mol. The molecule has 2 aromatic carbocycles. The summed E-state index contributed by atoms with van der Waals surface area (Å²) in [5, 5.41) is 6.36. The summed E-state index contributed by atoms with van der Waals surface area (Å²) in [6, 6.07) is 16.5. The molecule has 3 aromatic rings. The Balaban J connectivity index is 0.00000300. The molecule has 29 heavy (non-hydrogen) atoms. The summed E-state index contributed by atoms with van der Waals surface area (Å²) >= 11 is 0. The highest BCUT2D eigenvalue weighted by Gasteiger charge is 2.08. The molecule has 1 heterocycles. The number of hydrogen-bond acceptors (Lipinski definition) is 5. The number of rotatable bonds is 6. The number of hydrogen-bond donors (Lipinski definition) is 2. The number of nitrogens with one attached hydrogen (secondary N) is 2. The molecule has 0 unspecified atom stereocenters. The van der Waals surface area contributed by atoms with E-state index < -0.39 is 9.84 Å². The van der Waals surface area contributed by atoms with Gasteiger partial charge in [0.25, 0.3) is 0 Å². The van der Waals surface area contributed by atoms with Gasteiger partial charge < -0.3 is 15.1 Å². The van der Waals surface area contributed by atoms with Crippen molar-refractivity contribution < 1.29 is 12.8 Å². The lowest BCUT2D eigenvalue weighted by Crippen LogP contribution is -2.36. The highest BCUT2D eigenvalue weighted by molar-refractivity contribution is 14.0. The van der Waals surface area contributed by atoms with Crippen LogP contribution in [0.5, 0.6) is 0 Å². The Hall–Kier alpha value is -2.40. The summed E-state index contributed by atoms with van der Waals surface area (Å²) in [6.07, 6.45) is 2.81. The fourth-order valence-electron chi connectivity index (χ4n) is 2.54. The Bertz CT molecular complexity index is 1050. The van der Waals surface area contributed by atoms with Crippen LogP contribution in [-0.4, -0.2) is 32.7 Å². The van der Waals surface area contributed by atoms with Crippen LogP contribution >= 0.6 is 24.0 Å². The molecule has 154 valence electrons. The molecule has 9 heteroatoms. The number of aliphatic imine (C=N–C) groups is 1. The maximum absolute atomic E-state index is 11.5. The minimum atomic E-state index is -3.19. The molecule has 0 fully saturated rings. The van der Waals surface area contributed by atoms with Crippen LogP contribution in [0.2, 0.25) is 0 Å². The third kappa shape index (κ3) is 6.57. The molecule has 0 amide bonds. The summed E-state index contributed by atoms with van der Waals surface area (Å²) in [6.45, 7) is 0.973. The number of benzene rings is 2. The lowest BCUT2D eigenvalue weighted by Gasteiger charge is -2.11. The van der Waals surface area contributed by atoms with E-state index in [0.29, 0.717) is 29.8 Å². The summed E-state index contributed by atoms with van der Waals surface area (Å²) in [5.74, 6) is 1.18. The molecule has 0 saturated carbocycles. The zero-order valence-electron chi connectivity index (χ0n) is 16.1. The number of halogens is 1. The highest BCUT2D eigenvalue weighted by Crippen LogP contribution is 2.17. The van der Waals surface area contributed by atoms with Crippen molar-refractivity contribution in [1.29, 1.82) is 0 Å². The monoisotopic (exact) mass is 526 g/mol. The van der Waals surface area contributed by atoms with Crippen LogP contribution in [0.15, 0.2) is 75.2 Å². The van der Waals surface area contributed by atoms with Crippen LogP contribution in [0.3, 0.4) is 0 Å². The molecule has 1 aromatic heterocycles. The van der Waals surface area contributed by atoms with E-state index in [4.69, 9.17) is 4.42 Å². The van der Waals surface area contributed by atoms with Gasteiger partial charge in [0.1, 0.15) is 6.26 Å². The van der Waals surface area contributed by atoms with Crippen molar-refractivity contribution >= 4 is 39.8 Å². The van der Waals surface area contributed by atoms with Crippen molar-refractivity contribution in [3.63, 3.8) is 0 Å². The third-order valence-electron chi connectivity index (χ3n) is 4.04. The molecule has 0 aliphatic carbocycles. The van der Waals surface area contributed by atoms with E-state index in [9.17, 15) is 8.42 Å².